The lowest BCUT2D eigenvalue weighted by Crippen LogP contribution is -2.27. The maximum absolute atomic E-state index is 12.8. The molecule has 160 valence electrons. The molecule has 8 heteroatoms. The summed E-state index contributed by atoms with van der Waals surface area (Å²) < 4.78 is 38.7. The number of anilines is 1. The Hall–Kier alpha value is -3.52. The largest absolute Gasteiger partial charge is 0.454 e. The van der Waals surface area contributed by atoms with Crippen LogP contribution in [0.1, 0.15) is 34.5 Å². The molecule has 4 rings (SSSR count). The van der Waals surface area contributed by atoms with Gasteiger partial charge < -0.3 is 14.8 Å². The van der Waals surface area contributed by atoms with Crippen LogP contribution in [0, 0.1) is 6.92 Å². The van der Waals surface area contributed by atoms with Gasteiger partial charge in [0.05, 0.1) is 10.9 Å². The first-order valence-corrected chi connectivity index (χ1v) is 11.2. The minimum atomic E-state index is -3.83. The molecule has 0 aromatic heterocycles. The second-order valence-corrected chi connectivity index (χ2v) is 8.99. The molecule has 0 spiro atoms. The number of amides is 1. The van der Waals surface area contributed by atoms with E-state index in [1.807, 2.05) is 38.1 Å². The van der Waals surface area contributed by atoms with Crippen LogP contribution in [0.2, 0.25) is 0 Å². The summed E-state index contributed by atoms with van der Waals surface area (Å²) in [5.41, 5.74) is 2.58. The fourth-order valence-electron chi connectivity index (χ4n) is 3.19. The van der Waals surface area contributed by atoms with Crippen molar-refractivity contribution in [1.29, 1.82) is 0 Å². The van der Waals surface area contributed by atoms with E-state index in [1.54, 1.807) is 30.3 Å². The third-order valence-electron chi connectivity index (χ3n) is 4.95. The standard InChI is InChI=1S/C23H22N2O5S/c1-15-6-9-19(10-7-15)25-31(27,28)20-5-3-4-18(12-20)23(26)24-16(2)17-8-11-21-22(13-17)30-14-29-21/h3-13,16,25H,14H2,1-2H3,(H,24,26). The lowest BCUT2D eigenvalue weighted by Gasteiger charge is -2.15. The van der Waals surface area contributed by atoms with Gasteiger partial charge in [-0.05, 0) is 61.9 Å². The molecular weight excluding hydrogens is 416 g/mol. The van der Waals surface area contributed by atoms with Crippen molar-refractivity contribution >= 4 is 21.6 Å². The van der Waals surface area contributed by atoms with Gasteiger partial charge in [-0.15, -0.1) is 0 Å². The molecule has 7 nitrogen and oxygen atoms in total. The van der Waals surface area contributed by atoms with Crippen LogP contribution in [0.4, 0.5) is 5.69 Å². The first-order valence-electron chi connectivity index (χ1n) is 9.72. The molecule has 0 saturated heterocycles. The highest BCUT2D eigenvalue weighted by Gasteiger charge is 2.19. The van der Waals surface area contributed by atoms with E-state index < -0.39 is 10.0 Å². The smallest absolute Gasteiger partial charge is 0.261 e. The molecule has 0 bridgehead atoms. The van der Waals surface area contributed by atoms with E-state index in [-0.39, 0.29) is 29.2 Å². The zero-order valence-corrected chi connectivity index (χ0v) is 17.9. The molecule has 1 unspecified atom stereocenters. The molecule has 3 aromatic rings. The zero-order chi connectivity index (χ0) is 22.0. The van der Waals surface area contributed by atoms with Crippen molar-refractivity contribution < 1.29 is 22.7 Å². The van der Waals surface area contributed by atoms with Gasteiger partial charge in [0, 0.05) is 11.3 Å². The van der Waals surface area contributed by atoms with Gasteiger partial charge in [-0.3, -0.25) is 9.52 Å². The molecule has 1 aliphatic heterocycles. The number of benzene rings is 3. The molecule has 1 amide bonds. The van der Waals surface area contributed by atoms with Gasteiger partial charge in [-0.2, -0.15) is 0 Å². The van der Waals surface area contributed by atoms with Crippen molar-refractivity contribution in [2.45, 2.75) is 24.8 Å². The number of sulfonamides is 1. The highest BCUT2D eigenvalue weighted by Crippen LogP contribution is 2.34. The van der Waals surface area contributed by atoms with Crippen molar-refractivity contribution in [2.24, 2.45) is 0 Å². The number of aryl methyl sites for hydroxylation is 1. The molecular formula is C23H22N2O5S. The molecule has 1 heterocycles. The van der Waals surface area contributed by atoms with Crippen LogP contribution in [0.15, 0.2) is 71.6 Å². The minimum absolute atomic E-state index is 0.0106. The minimum Gasteiger partial charge on any atom is -0.454 e. The van der Waals surface area contributed by atoms with Gasteiger partial charge in [0.25, 0.3) is 15.9 Å². The predicted octanol–water partition coefficient (Wildman–Crippen LogP) is 4.02. The van der Waals surface area contributed by atoms with E-state index in [2.05, 4.69) is 10.0 Å². The lowest BCUT2D eigenvalue weighted by atomic mass is 10.1. The van der Waals surface area contributed by atoms with Gasteiger partial charge in [-0.25, -0.2) is 8.42 Å². The Morgan fingerprint density at radius 2 is 1.71 bits per heavy atom. The van der Waals surface area contributed by atoms with Crippen LogP contribution in [0.5, 0.6) is 11.5 Å². The molecule has 2 N–H and O–H groups in total. The Morgan fingerprint density at radius 3 is 2.48 bits per heavy atom. The topological polar surface area (TPSA) is 93.7 Å². The van der Waals surface area contributed by atoms with Crippen LogP contribution in [0.25, 0.3) is 0 Å². The molecule has 0 fully saturated rings. The van der Waals surface area contributed by atoms with Gasteiger partial charge in [0.1, 0.15) is 0 Å². The van der Waals surface area contributed by atoms with Crippen LogP contribution in [0.3, 0.4) is 0 Å². The van der Waals surface area contributed by atoms with E-state index in [0.717, 1.165) is 11.1 Å². The highest BCUT2D eigenvalue weighted by atomic mass is 32.2. The second-order valence-electron chi connectivity index (χ2n) is 7.31. The first-order chi connectivity index (χ1) is 14.8. The third-order valence-corrected chi connectivity index (χ3v) is 6.33. The Balaban J connectivity index is 1.49. The van der Waals surface area contributed by atoms with E-state index in [1.165, 1.54) is 12.1 Å². The number of fused-ring (bicyclic) bond motifs is 1. The SMILES string of the molecule is Cc1ccc(NS(=O)(=O)c2cccc(C(=O)NC(C)c3ccc4c(c3)OCO4)c2)cc1. The summed E-state index contributed by atoms with van der Waals surface area (Å²) in [7, 11) is -3.83. The Morgan fingerprint density at radius 1 is 0.968 bits per heavy atom. The number of carbonyl (C=O) groups is 1. The van der Waals surface area contributed by atoms with Crippen molar-refractivity contribution in [2.75, 3.05) is 11.5 Å². The molecule has 1 atom stereocenters. The van der Waals surface area contributed by atoms with Gasteiger partial charge in [-0.1, -0.05) is 29.8 Å². The zero-order valence-electron chi connectivity index (χ0n) is 17.1. The summed E-state index contributed by atoms with van der Waals surface area (Å²) >= 11 is 0. The molecule has 0 radical (unpaired) electrons. The number of ether oxygens (including phenoxy) is 2. The Bertz CT molecular complexity index is 1220. The predicted molar refractivity (Wildman–Crippen MR) is 117 cm³/mol. The summed E-state index contributed by atoms with van der Waals surface area (Å²) in [5.74, 6) is 0.924. The van der Waals surface area contributed by atoms with Crippen molar-refractivity contribution in [3.8, 4) is 11.5 Å². The average Bonchev–Trinajstić information content (AvgIpc) is 3.23. The highest BCUT2D eigenvalue weighted by molar-refractivity contribution is 7.92. The Labute approximate surface area is 181 Å². The molecule has 31 heavy (non-hydrogen) atoms. The second kappa shape index (κ2) is 8.31. The van der Waals surface area contributed by atoms with Crippen LogP contribution in [-0.2, 0) is 10.0 Å². The summed E-state index contributed by atoms with van der Waals surface area (Å²) in [6.07, 6.45) is 0. The fraction of sp³-hybridized carbons (Fsp3) is 0.174. The number of carbonyl (C=O) groups excluding carboxylic acids is 1. The van der Waals surface area contributed by atoms with Gasteiger partial charge in [0.2, 0.25) is 6.79 Å². The number of hydrogen-bond acceptors (Lipinski definition) is 5. The fourth-order valence-corrected chi connectivity index (χ4v) is 4.29. The Kier molecular flexibility index (Phi) is 5.56. The van der Waals surface area contributed by atoms with Crippen LogP contribution < -0.4 is 19.5 Å². The number of hydrogen-bond donors (Lipinski definition) is 2. The van der Waals surface area contributed by atoms with Gasteiger partial charge >= 0.3 is 0 Å². The van der Waals surface area contributed by atoms with Crippen molar-refractivity contribution in [1.82, 2.24) is 5.32 Å². The van der Waals surface area contributed by atoms with Crippen molar-refractivity contribution in [3.05, 3.63) is 83.4 Å². The third kappa shape index (κ3) is 4.64. The van der Waals surface area contributed by atoms with E-state index in [0.29, 0.717) is 17.2 Å². The van der Waals surface area contributed by atoms with Crippen LogP contribution >= 0.6 is 0 Å². The summed E-state index contributed by atoms with van der Waals surface area (Å²) in [6, 6.07) is 18.1. The molecule has 1 aliphatic rings. The van der Waals surface area contributed by atoms with E-state index in [4.69, 9.17) is 9.47 Å². The molecule has 0 aliphatic carbocycles. The molecule has 3 aromatic carbocycles. The monoisotopic (exact) mass is 438 g/mol. The maximum Gasteiger partial charge on any atom is 0.261 e. The lowest BCUT2D eigenvalue weighted by molar-refractivity contribution is 0.0939. The summed E-state index contributed by atoms with van der Waals surface area (Å²) in [6.45, 7) is 3.94. The van der Waals surface area contributed by atoms with Crippen molar-refractivity contribution in [3.63, 3.8) is 0 Å². The van der Waals surface area contributed by atoms with E-state index >= 15 is 0 Å². The average molecular weight is 439 g/mol. The summed E-state index contributed by atoms with van der Waals surface area (Å²) in [5, 5.41) is 2.89. The quantitative estimate of drug-likeness (QED) is 0.606. The van der Waals surface area contributed by atoms with Crippen LogP contribution in [-0.4, -0.2) is 21.1 Å². The maximum atomic E-state index is 12.8. The first kappa shape index (κ1) is 20.7. The molecule has 0 saturated carbocycles. The van der Waals surface area contributed by atoms with Gasteiger partial charge in [0.15, 0.2) is 11.5 Å². The summed E-state index contributed by atoms with van der Waals surface area (Å²) in [4.78, 5) is 12.8. The number of nitrogens with one attached hydrogen (secondary N) is 2. The van der Waals surface area contributed by atoms with E-state index in [9.17, 15) is 13.2 Å². The number of rotatable bonds is 6. The normalized spacial score (nSPS) is 13.5.